The van der Waals surface area contributed by atoms with Gasteiger partial charge >= 0.3 is 0 Å². The molecule has 1 saturated heterocycles. The molecule has 1 aliphatic carbocycles. The van der Waals surface area contributed by atoms with Crippen LogP contribution < -0.4 is 15.1 Å². The van der Waals surface area contributed by atoms with E-state index in [1.165, 1.54) is 12.8 Å². The molecule has 3 heterocycles. The Morgan fingerprint density at radius 3 is 2.80 bits per heavy atom. The van der Waals surface area contributed by atoms with Gasteiger partial charge in [-0.25, -0.2) is 9.97 Å². The first-order chi connectivity index (χ1) is 14.6. The second-order valence-corrected chi connectivity index (χ2v) is 9.40. The number of hydrogen-bond acceptors (Lipinski definition) is 7. The fraction of sp³-hybridized carbons (Fsp3) is 0.381. The second kappa shape index (κ2) is 8.13. The number of morpholine rings is 1. The Hall–Kier alpha value is -2.23. The molecule has 156 valence electrons. The van der Waals surface area contributed by atoms with Crippen molar-refractivity contribution in [2.24, 2.45) is 0 Å². The van der Waals surface area contributed by atoms with Crippen LogP contribution in [-0.4, -0.2) is 55.3 Å². The van der Waals surface area contributed by atoms with Crippen molar-refractivity contribution in [2.45, 2.75) is 18.9 Å². The van der Waals surface area contributed by atoms with Crippen LogP contribution in [0.2, 0.25) is 0 Å². The van der Waals surface area contributed by atoms with Crippen LogP contribution in [0, 0.1) is 0 Å². The molecule has 2 aromatic heterocycles. The number of ether oxygens (including phenoxy) is 1. The molecule has 1 aliphatic heterocycles. The first kappa shape index (κ1) is 19.7. The average Bonchev–Trinajstić information content (AvgIpc) is 3.53. The van der Waals surface area contributed by atoms with Crippen LogP contribution in [0.3, 0.4) is 0 Å². The first-order valence-electron chi connectivity index (χ1n) is 10.0. The van der Waals surface area contributed by atoms with Crippen LogP contribution in [-0.2, 0) is 4.74 Å². The Kier molecular flexibility index (Phi) is 5.34. The normalized spacial score (nSPS) is 16.7. The van der Waals surface area contributed by atoms with Crippen LogP contribution in [0.25, 0.3) is 10.2 Å². The first-order valence-corrected chi connectivity index (χ1v) is 11.6. The Morgan fingerprint density at radius 1 is 1.27 bits per heavy atom. The molecule has 3 aromatic rings. The van der Waals surface area contributed by atoms with Gasteiger partial charge in [-0.2, -0.15) is 0 Å². The summed E-state index contributed by atoms with van der Waals surface area (Å²) in [4.78, 5) is 26.5. The van der Waals surface area contributed by atoms with Crippen molar-refractivity contribution in [3.63, 3.8) is 0 Å². The number of carbonyl (C=O) groups excluding carboxylic acids is 1. The Balaban J connectivity index is 1.51. The zero-order valence-corrected chi connectivity index (χ0v) is 19.0. The van der Waals surface area contributed by atoms with Gasteiger partial charge in [0.1, 0.15) is 10.3 Å². The highest BCUT2D eigenvalue weighted by Crippen LogP contribution is 2.40. The molecule has 30 heavy (non-hydrogen) atoms. The molecule has 0 atom stereocenters. The molecule has 9 heteroatoms. The van der Waals surface area contributed by atoms with E-state index < -0.39 is 0 Å². The maximum absolute atomic E-state index is 12.9. The summed E-state index contributed by atoms with van der Waals surface area (Å²) in [5, 5.41) is 4.08. The Morgan fingerprint density at radius 2 is 2.07 bits per heavy atom. The van der Waals surface area contributed by atoms with Gasteiger partial charge in [0.15, 0.2) is 5.13 Å². The van der Waals surface area contributed by atoms with Crippen LogP contribution in [0.5, 0.6) is 0 Å². The van der Waals surface area contributed by atoms with Crippen LogP contribution in [0.15, 0.2) is 34.9 Å². The number of benzene rings is 1. The van der Waals surface area contributed by atoms with E-state index >= 15 is 0 Å². The molecule has 0 radical (unpaired) electrons. The lowest BCUT2D eigenvalue weighted by atomic mass is 10.2. The number of aromatic nitrogens is 2. The van der Waals surface area contributed by atoms with Crippen LogP contribution in [0.4, 0.5) is 16.5 Å². The van der Waals surface area contributed by atoms with E-state index in [4.69, 9.17) is 9.72 Å². The quantitative estimate of drug-likeness (QED) is 0.545. The third-order valence-corrected chi connectivity index (χ3v) is 6.97. The number of nitrogens with zero attached hydrogens (tertiary/aromatic N) is 4. The second-order valence-electron chi connectivity index (χ2n) is 7.57. The van der Waals surface area contributed by atoms with Gasteiger partial charge in [-0.1, -0.05) is 17.4 Å². The summed E-state index contributed by atoms with van der Waals surface area (Å²) in [6.07, 6.45) is 2.34. The van der Waals surface area contributed by atoms with Gasteiger partial charge in [-0.05, 0) is 53.0 Å². The molecule has 0 bridgehead atoms. The molecule has 0 unspecified atom stereocenters. The number of halogens is 1. The van der Waals surface area contributed by atoms with Gasteiger partial charge in [-0.3, -0.25) is 4.79 Å². The number of hydrogen-bond donors (Lipinski definition) is 1. The van der Waals surface area contributed by atoms with Gasteiger partial charge in [-0.15, -0.1) is 0 Å². The van der Waals surface area contributed by atoms with Gasteiger partial charge in [0.2, 0.25) is 0 Å². The van der Waals surface area contributed by atoms with Gasteiger partial charge in [0.25, 0.3) is 5.91 Å². The van der Waals surface area contributed by atoms with Gasteiger partial charge in [0, 0.05) is 26.2 Å². The van der Waals surface area contributed by atoms with E-state index in [0.717, 1.165) is 53.0 Å². The predicted octanol–water partition coefficient (Wildman–Crippen LogP) is 4.14. The molecule has 2 fully saturated rings. The molecule has 5 rings (SSSR count). The zero-order chi connectivity index (χ0) is 20.7. The van der Waals surface area contributed by atoms with Crippen molar-refractivity contribution in [2.75, 3.05) is 48.5 Å². The number of carbonyl (C=O) groups is 1. The van der Waals surface area contributed by atoms with Crippen molar-refractivity contribution < 1.29 is 9.53 Å². The van der Waals surface area contributed by atoms with E-state index in [-0.39, 0.29) is 5.91 Å². The highest BCUT2D eigenvalue weighted by atomic mass is 79.9. The largest absolute Gasteiger partial charge is 0.378 e. The average molecular weight is 488 g/mol. The number of rotatable bonds is 5. The van der Waals surface area contributed by atoms with Gasteiger partial charge < -0.3 is 19.9 Å². The minimum absolute atomic E-state index is 0.223. The predicted molar refractivity (Wildman–Crippen MR) is 124 cm³/mol. The standard InChI is InChI=1S/C21H22BrN5O2S/c1-26(13-5-6-13)17-11-16-18(30-21(25-16)27-7-9-29-10-8-27)12-15(17)24-20(28)14-3-2-4-19(22)23-14/h2-4,11-13H,5-10H2,1H3,(H,24,28). The molecule has 0 spiro atoms. The molecule has 7 nitrogen and oxygen atoms in total. The van der Waals surface area contributed by atoms with E-state index in [1.807, 2.05) is 12.1 Å². The third kappa shape index (κ3) is 4.01. The Bertz CT molecular complexity index is 1090. The SMILES string of the molecule is CN(c1cc2nc(N3CCOCC3)sc2cc1NC(=O)c1cccc(Br)n1)C1CC1. The third-order valence-electron chi connectivity index (χ3n) is 5.45. The van der Waals surface area contributed by atoms with Crippen LogP contribution >= 0.6 is 27.3 Å². The van der Waals surface area contributed by atoms with Crippen molar-refractivity contribution in [1.29, 1.82) is 0 Å². The highest BCUT2D eigenvalue weighted by Gasteiger charge is 2.29. The topological polar surface area (TPSA) is 70.6 Å². The molecule has 1 amide bonds. The fourth-order valence-corrected chi connectivity index (χ4v) is 4.99. The summed E-state index contributed by atoms with van der Waals surface area (Å²) in [5.74, 6) is -0.223. The van der Waals surface area contributed by atoms with Crippen LogP contribution in [0.1, 0.15) is 23.3 Å². The molecule has 1 aromatic carbocycles. The van der Waals surface area contributed by atoms with Crippen molar-refractivity contribution in [3.05, 3.63) is 40.6 Å². The molecule has 1 saturated carbocycles. The lowest BCUT2D eigenvalue weighted by Gasteiger charge is -2.25. The summed E-state index contributed by atoms with van der Waals surface area (Å²) in [6.45, 7) is 3.17. The molecule has 1 N–H and O–H groups in total. The van der Waals surface area contributed by atoms with E-state index in [9.17, 15) is 4.79 Å². The highest BCUT2D eigenvalue weighted by molar-refractivity contribution is 9.10. The number of anilines is 3. The van der Waals surface area contributed by atoms with E-state index in [0.29, 0.717) is 16.3 Å². The summed E-state index contributed by atoms with van der Waals surface area (Å²) in [5.41, 5.74) is 3.12. The monoisotopic (exact) mass is 487 g/mol. The summed E-state index contributed by atoms with van der Waals surface area (Å²) >= 11 is 4.99. The minimum atomic E-state index is -0.223. The number of pyridine rings is 1. The summed E-state index contributed by atoms with van der Waals surface area (Å²) in [6, 6.07) is 9.98. The number of amides is 1. The summed E-state index contributed by atoms with van der Waals surface area (Å²) < 4.78 is 7.16. The number of thiazole rings is 1. The molecule has 2 aliphatic rings. The number of fused-ring (bicyclic) bond motifs is 1. The maximum Gasteiger partial charge on any atom is 0.274 e. The maximum atomic E-state index is 12.9. The van der Waals surface area contributed by atoms with Crippen molar-refractivity contribution in [3.8, 4) is 0 Å². The summed E-state index contributed by atoms with van der Waals surface area (Å²) in [7, 11) is 2.08. The molecular formula is C21H22BrN5O2S. The molecular weight excluding hydrogens is 466 g/mol. The van der Waals surface area contributed by atoms with E-state index in [2.05, 4.69) is 49.1 Å². The zero-order valence-electron chi connectivity index (χ0n) is 16.6. The number of nitrogens with one attached hydrogen (secondary N) is 1. The lowest BCUT2D eigenvalue weighted by molar-refractivity contribution is 0.102. The Labute approximate surface area is 187 Å². The van der Waals surface area contributed by atoms with E-state index in [1.54, 1.807) is 23.5 Å². The smallest absolute Gasteiger partial charge is 0.274 e. The minimum Gasteiger partial charge on any atom is -0.378 e. The van der Waals surface area contributed by atoms with Gasteiger partial charge in [0.05, 0.1) is 34.8 Å². The van der Waals surface area contributed by atoms with Crippen molar-refractivity contribution >= 4 is 59.9 Å². The van der Waals surface area contributed by atoms with Crippen molar-refractivity contribution in [1.82, 2.24) is 9.97 Å². The lowest BCUT2D eigenvalue weighted by Crippen LogP contribution is -2.36. The fourth-order valence-electron chi connectivity index (χ4n) is 3.61.